The number of hydrogen-bond acceptors (Lipinski definition) is 3. The Morgan fingerprint density at radius 1 is 1.33 bits per heavy atom. The van der Waals surface area contributed by atoms with Crippen LogP contribution in [0.3, 0.4) is 0 Å². The molecular formula is C14H16Cl2N2O3. The molecule has 1 saturated carbocycles. The Morgan fingerprint density at radius 2 is 2.05 bits per heavy atom. The monoisotopic (exact) mass is 330 g/mol. The first-order valence-corrected chi connectivity index (χ1v) is 7.71. The summed E-state index contributed by atoms with van der Waals surface area (Å²) in [6.07, 6.45) is 3.26. The van der Waals surface area contributed by atoms with Crippen LogP contribution in [0.2, 0.25) is 5.02 Å². The van der Waals surface area contributed by atoms with Crippen LogP contribution in [-0.2, 0) is 0 Å². The largest absolute Gasteiger partial charge is 0.352 e. The molecule has 0 aliphatic heterocycles. The van der Waals surface area contributed by atoms with Crippen LogP contribution < -0.4 is 5.32 Å². The molecule has 1 N–H and O–H groups in total. The van der Waals surface area contributed by atoms with Crippen molar-refractivity contribution in [3.05, 3.63) is 38.9 Å². The Labute approximate surface area is 132 Å². The zero-order valence-corrected chi connectivity index (χ0v) is 12.9. The molecule has 1 aromatic rings. The fourth-order valence-electron chi connectivity index (χ4n) is 2.72. The highest BCUT2D eigenvalue weighted by atomic mass is 35.5. The third-order valence-electron chi connectivity index (χ3n) is 3.90. The number of nitro benzene ring substituents is 1. The van der Waals surface area contributed by atoms with E-state index in [1.165, 1.54) is 18.2 Å². The standard InChI is InChI=1S/C14H16Cl2N2O3/c15-7-9-2-1-3-10(9)8-17-14(19)11-4-12(16)6-13(5-11)18(20)21/h4-6,9-10H,1-3,7-8H2,(H,17,19). The van der Waals surface area contributed by atoms with Gasteiger partial charge in [0.1, 0.15) is 0 Å². The second kappa shape index (κ2) is 7.09. The van der Waals surface area contributed by atoms with E-state index < -0.39 is 4.92 Å². The molecule has 5 nitrogen and oxygen atoms in total. The Hall–Kier alpha value is -1.33. The van der Waals surface area contributed by atoms with Gasteiger partial charge in [0.15, 0.2) is 0 Å². The number of nitro groups is 1. The van der Waals surface area contributed by atoms with Crippen LogP contribution in [-0.4, -0.2) is 23.3 Å². The van der Waals surface area contributed by atoms with Crippen molar-refractivity contribution in [3.8, 4) is 0 Å². The lowest BCUT2D eigenvalue weighted by atomic mass is 9.98. The van der Waals surface area contributed by atoms with Gasteiger partial charge in [-0.1, -0.05) is 18.0 Å². The number of carbonyl (C=O) groups excluding carboxylic acids is 1. The first-order valence-electron chi connectivity index (χ1n) is 6.80. The maximum Gasteiger partial charge on any atom is 0.271 e. The molecule has 0 heterocycles. The molecule has 2 rings (SSSR count). The number of nitrogens with one attached hydrogen (secondary N) is 1. The second-order valence-electron chi connectivity index (χ2n) is 5.27. The smallest absolute Gasteiger partial charge is 0.271 e. The summed E-state index contributed by atoms with van der Waals surface area (Å²) < 4.78 is 0. The van der Waals surface area contributed by atoms with Gasteiger partial charge >= 0.3 is 0 Å². The van der Waals surface area contributed by atoms with Gasteiger partial charge in [0.2, 0.25) is 0 Å². The summed E-state index contributed by atoms with van der Waals surface area (Å²) in [5.74, 6) is 1.06. The molecule has 1 fully saturated rings. The molecule has 0 radical (unpaired) electrons. The average molecular weight is 331 g/mol. The van der Waals surface area contributed by atoms with Crippen molar-refractivity contribution in [2.45, 2.75) is 19.3 Å². The maximum atomic E-state index is 12.1. The van der Waals surface area contributed by atoms with Crippen LogP contribution in [0.5, 0.6) is 0 Å². The van der Waals surface area contributed by atoms with Crippen LogP contribution in [0.1, 0.15) is 29.6 Å². The molecule has 0 spiro atoms. The van der Waals surface area contributed by atoms with Crippen LogP contribution in [0, 0.1) is 22.0 Å². The summed E-state index contributed by atoms with van der Waals surface area (Å²) >= 11 is 11.7. The van der Waals surface area contributed by atoms with Crippen LogP contribution >= 0.6 is 23.2 Å². The number of non-ortho nitro benzene ring substituents is 1. The molecule has 1 aliphatic carbocycles. The number of benzene rings is 1. The number of nitrogens with zero attached hydrogens (tertiary/aromatic N) is 1. The second-order valence-corrected chi connectivity index (χ2v) is 6.02. The van der Waals surface area contributed by atoms with E-state index in [2.05, 4.69) is 5.32 Å². The molecule has 7 heteroatoms. The minimum absolute atomic E-state index is 0.175. The summed E-state index contributed by atoms with van der Waals surface area (Å²) in [6, 6.07) is 3.88. The number of halogens is 2. The number of alkyl halides is 1. The van der Waals surface area contributed by atoms with E-state index in [-0.39, 0.29) is 22.2 Å². The molecule has 1 aromatic carbocycles. The minimum Gasteiger partial charge on any atom is -0.352 e. The average Bonchev–Trinajstić information content (AvgIpc) is 2.91. The highest BCUT2D eigenvalue weighted by Gasteiger charge is 2.26. The van der Waals surface area contributed by atoms with Crippen molar-refractivity contribution in [2.24, 2.45) is 11.8 Å². The van der Waals surface area contributed by atoms with E-state index in [4.69, 9.17) is 23.2 Å². The number of hydrogen-bond donors (Lipinski definition) is 1. The fourth-order valence-corrected chi connectivity index (χ4v) is 3.36. The molecule has 21 heavy (non-hydrogen) atoms. The number of amides is 1. The van der Waals surface area contributed by atoms with Crippen molar-refractivity contribution in [3.63, 3.8) is 0 Å². The van der Waals surface area contributed by atoms with Crippen molar-refractivity contribution in [1.82, 2.24) is 5.32 Å². The Balaban J connectivity index is 2.02. The van der Waals surface area contributed by atoms with E-state index in [0.29, 0.717) is 24.3 Å². The normalized spacial score (nSPS) is 21.2. The predicted molar refractivity (Wildman–Crippen MR) is 82.0 cm³/mol. The van der Waals surface area contributed by atoms with E-state index >= 15 is 0 Å². The van der Waals surface area contributed by atoms with E-state index in [1.54, 1.807) is 0 Å². The predicted octanol–water partition coefficient (Wildman–Crippen LogP) is 3.63. The van der Waals surface area contributed by atoms with Gasteiger partial charge in [-0.25, -0.2) is 0 Å². The third-order valence-corrected chi connectivity index (χ3v) is 4.51. The summed E-state index contributed by atoms with van der Waals surface area (Å²) in [5, 5.41) is 13.8. The lowest BCUT2D eigenvalue weighted by Crippen LogP contribution is -2.31. The zero-order valence-electron chi connectivity index (χ0n) is 11.4. The van der Waals surface area contributed by atoms with E-state index in [1.807, 2.05) is 0 Å². The van der Waals surface area contributed by atoms with E-state index in [9.17, 15) is 14.9 Å². The van der Waals surface area contributed by atoms with Crippen molar-refractivity contribution in [1.29, 1.82) is 0 Å². The van der Waals surface area contributed by atoms with Crippen molar-refractivity contribution >= 4 is 34.8 Å². The molecule has 0 saturated heterocycles. The SMILES string of the molecule is O=C(NCC1CCCC1CCl)c1cc(Cl)cc([N+](=O)[O-])c1. The lowest BCUT2D eigenvalue weighted by Gasteiger charge is -2.17. The highest BCUT2D eigenvalue weighted by molar-refractivity contribution is 6.31. The molecule has 2 unspecified atom stereocenters. The zero-order chi connectivity index (χ0) is 15.4. The Kier molecular flexibility index (Phi) is 5.42. The summed E-state index contributed by atoms with van der Waals surface area (Å²) in [6.45, 7) is 0.538. The Bertz CT molecular complexity index is 551. The van der Waals surface area contributed by atoms with E-state index in [0.717, 1.165) is 19.3 Å². The summed E-state index contributed by atoms with van der Waals surface area (Å²) in [5.41, 5.74) is 0.0155. The van der Waals surface area contributed by atoms with Gasteiger partial charge in [-0.3, -0.25) is 14.9 Å². The van der Waals surface area contributed by atoms with Gasteiger partial charge in [-0.2, -0.15) is 0 Å². The number of rotatable bonds is 5. The minimum atomic E-state index is -0.566. The molecule has 1 aliphatic rings. The van der Waals surface area contributed by atoms with Gasteiger partial charge in [0.25, 0.3) is 11.6 Å². The van der Waals surface area contributed by atoms with Crippen molar-refractivity contribution < 1.29 is 9.72 Å². The highest BCUT2D eigenvalue weighted by Crippen LogP contribution is 2.32. The van der Waals surface area contributed by atoms with Gasteiger partial charge in [-0.05, 0) is 30.7 Å². The first-order chi connectivity index (χ1) is 10.0. The van der Waals surface area contributed by atoms with Crippen LogP contribution in [0.4, 0.5) is 5.69 Å². The maximum absolute atomic E-state index is 12.1. The molecule has 0 aromatic heterocycles. The first kappa shape index (κ1) is 16.0. The van der Waals surface area contributed by atoms with Crippen molar-refractivity contribution in [2.75, 3.05) is 12.4 Å². The quantitative estimate of drug-likeness (QED) is 0.509. The fraction of sp³-hybridized carbons (Fsp3) is 0.500. The topological polar surface area (TPSA) is 72.2 Å². The van der Waals surface area contributed by atoms with Gasteiger partial charge in [-0.15, -0.1) is 11.6 Å². The Morgan fingerprint density at radius 3 is 2.71 bits per heavy atom. The molecular weight excluding hydrogens is 315 g/mol. The molecule has 0 bridgehead atoms. The summed E-state index contributed by atoms with van der Waals surface area (Å²) in [4.78, 5) is 22.3. The van der Waals surface area contributed by atoms with Gasteiger partial charge in [0, 0.05) is 35.1 Å². The third kappa shape index (κ3) is 4.08. The van der Waals surface area contributed by atoms with Crippen LogP contribution in [0.25, 0.3) is 0 Å². The lowest BCUT2D eigenvalue weighted by molar-refractivity contribution is -0.384. The summed E-state index contributed by atoms with van der Waals surface area (Å²) in [7, 11) is 0. The molecule has 114 valence electrons. The van der Waals surface area contributed by atoms with Gasteiger partial charge < -0.3 is 5.32 Å². The number of carbonyl (C=O) groups is 1. The molecule has 1 amide bonds. The van der Waals surface area contributed by atoms with Crippen LogP contribution in [0.15, 0.2) is 18.2 Å². The van der Waals surface area contributed by atoms with Gasteiger partial charge in [0.05, 0.1) is 4.92 Å². The molecule has 2 atom stereocenters.